The molecule has 3 heterocycles. The number of thiophene rings is 1. The van der Waals surface area contributed by atoms with Gasteiger partial charge < -0.3 is 14.4 Å². The number of benzene rings is 1. The van der Waals surface area contributed by atoms with Crippen molar-refractivity contribution in [2.45, 2.75) is 19.3 Å². The molecular weight excluding hydrogens is 334 g/mol. The van der Waals surface area contributed by atoms with E-state index in [1.54, 1.807) is 18.4 Å². The van der Waals surface area contributed by atoms with E-state index in [0.29, 0.717) is 5.92 Å². The summed E-state index contributed by atoms with van der Waals surface area (Å²) in [4.78, 5) is 15.8. The van der Waals surface area contributed by atoms with Gasteiger partial charge in [-0.15, -0.1) is 11.3 Å². The summed E-state index contributed by atoms with van der Waals surface area (Å²) in [5.74, 6) is 0.638. The fraction of sp³-hybridized carbons (Fsp3) is 0.550. The largest absolute Gasteiger partial charge is 0.384 e. The van der Waals surface area contributed by atoms with Crippen LogP contribution in [-0.4, -0.2) is 50.8 Å². The first-order chi connectivity index (χ1) is 12.2. The van der Waals surface area contributed by atoms with Gasteiger partial charge in [0, 0.05) is 37.4 Å². The van der Waals surface area contributed by atoms with Crippen LogP contribution in [0.15, 0.2) is 30.3 Å². The van der Waals surface area contributed by atoms with E-state index in [1.807, 2.05) is 23.1 Å². The van der Waals surface area contributed by atoms with Crippen LogP contribution in [0.25, 0.3) is 10.1 Å². The molecule has 1 aromatic carbocycles. The summed E-state index contributed by atoms with van der Waals surface area (Å²) in [6, 6.07) is 10.2. The Bertz CT molecular complexity index is 713. The van der Waals surface area contributed by atoms with Crippen LogP contribution in [-0.2, 0) is 9.47 Å². The first kappa shape index (κ1) is 17.0. The number of ether oxygens (including phenoxy) is 2. The molecule has 2 fully saturated rings. The molecule has 134 valence electrons. The first-order valence-electron chi connectivity index (χ1n) is 9.06. The summed E-state index contributed by atoms with van der Waals surface area (Å²) in [6.45, 7) is 4.06. The van der Waals surface area contributed by atoms with Crippen molar-refractivity contribution in [1.29, 1.82) is 0 Å². The standard InChI is InChI=1S/C20H25NO3S/c1-23-13-16-14-24-11-8-20(16)6-9-21(10-7-20)19(22)18-12-15-4-2-3-5-17(15)25-18/h2-5,12,16H,6-11,13-14H2,1H3. The van der Waals surface area contributed by atoms with E-state index < -0.39 is 0 Å². The minimum absolute atomic E-state index is 0.186. The number of rotatable bonds is 3. The number of fused-ring (bicyclic) bond motifs is 1. The Kier molecular flexibility index (Phi) is 4.80. The number of nitrogens with zero attached hydrogens (tertiary/aromatic N) is 1. The van der Waals surface area contributed by atoms with Gasteiger partial charge in [0.2, 0.25) is 0 Å². The molecule has 0 saturated carbocycles. The molecular formula is C20H25NO3S. The van der Waals surface area contributed by atoms with Crippen molar-refractivity contribution in [3.8, 4) is 0 Å². The Morgan fingerprint density at radius 1 is 1.32 bits per heavy atom. The molecule has 2 saturated heterocycles. The zero-order chi connectivity index (χ0) is 17.3. The van der Waals surface area contributed by atoms with Gasteiger partial charge in [0.05, 0.1) is 18.1 Å². The molecule has 2 aliphatic heterocycles. The summed E-state index contributed by atoms with van der Waals surface area (Å²) in [5.41, 5.74) is 0.283. The van der Waals surface area contributed by atoms with Gasteiger partial charge in [0.25, 0.3) is 5.91 Å². The van der Waals surface area contributed by atoms with Crippen LogP contribution in [0.1, 0.15) is 28.9 Å². The minimum Gasteiger partial charge on any atom is -0.384 e. The van der Waals surface area contributed by atoms with Crippen LogP contribution in [0.5, 0.6) is 0 Å². The van der Waals surface area contributed by atoms with Gasteiger partial charge in [-0.1, -0.05) is 18.2 Å². The Morgan fingerprint density at radius 3 is 2.88 bits per heavy atom. The second-order valence-electron chi connectivity index (χ2n) is 7.28. The molecule has 4 nitrogen and oxygen atoms in total. The zero-order valence-electron chi connectivity index (χ0n) is 14.7. The van der Waals surface area contributed by atoms with Crippen LogP contribution < -0.4 is 0 Å². The van der Waals surface area contributed by atoms with Gasteiger partial charge in [-0.25, -0.2) is 0 Å². The van der Waals surface area contributed by atoms with Gasteiger partial charge in [0.1, 0.15) is 0 Å². The average molecular weight is 359 g/mol. The quantitative estimate of drug-likeness (QED) is 0.836. The van der Waals surface area contributed by atoms with Gasteiger partial charge in [-0.05, 0) is 42.2 Å². The lowest BCUT2D eigenvalue weighted by Crippen LogP contribution is -2.50. The SMILES string of the molecule is COCC1COCCC12CCN(C(=O)c1cc3ccccc3s1)CC2. The maximum atomic E-state index is 12.9. The number of hydrogen-bond donors (Lipinski definition) is 0. The fourth-order valence-corrected chi connectivity index (χ4v) is 5.40. The minimum atomic E-state index is 0.186. The highest BCUT2D eigenvalue weighted by Gasteiger charge is 2.44. The predicted molar refractivity (Wildman–Crippen MR) is 100 cm³/mol. The molecule has 1 aromatic heterocycles. The van der Waals surface area contributed by atoms with Gasteiger partial charge in [-0.3, -0.25) is 4.79 Å². The molecule has 1 amide bonds. The summed E-state index contributed by atoms with van der Waals surface area (Å²) in [6.07, 6.45) is 3.20. The van der Waals surface area contributed by atoms with Crippen LogP contribution >= 0.6 is 11.3 Å². The van der Waals surface area contributed by atoms with E-state index in [4.69, 9.17) is 9.47 Å². The summed E-state index contributed by atoms with van der Waals surface area (Å²) < 4.78 is 12.3. The smallest absolute Gasteiger partial charge is 0.263 e. The van der Waals surface area contributed by atoms with E-state index in [9.17, 15) is 4.79 Å². The normalized spacial score (nSPS) is 23.2. The summed E-state index contributed by atoms with van der Waals surface area (Å²) in [7, 11) is 1.77. The van der Waals surface area contributed by atoms with Crippen LogP contribution in [0, 0.1) is 11.3 Å². The van der Waals surface area contributed by atoms with Crippen molar-refractivity contribution in [1.82, 2.24) is 4.90 Å². The van der Waals surface area contributed by atoms with Gasteiger partial charge >= 0.3 is 0 Å². The third-order valence-electron chi connectivity index (χ3n) is 5.98. The predicted octanol–water partition coefficient (Wildman–Crippen LogP) is 3.81. The van der Waals surface area contributed by atoms with Crippen molar-refractivity contribution in [2.24, 2.45) is 11.3 Å². The highest BCUT2D eigenvalue weighted by Crippen LogP contribution is 2.45. The molecule has 2 aromatic rings. The van der Waals surface area contributed by atoms with Crippen molar-refractivity contribution in [3.63, 3.8) is 0 Å². The van der Waals surface area contributed by atoms with Crippen molar-refractivity contribution in [2.75, 3.05) is 40.0 Å². The molecule has 1 unspecified atom stereocenters. The second kappa shape index (κ2) is 7.06. The van der Waals surface area contributed by atoms with Gasteiger partial charge in [-0.2, -0.15) is 0 Å². The van der Waals surface area contributed by atoms with Crippen LogP contribution in [0.2, 0.25) is 0 Å². The van der Waals surface area contributed by atoms with Crippen molar-refractivity contribution in [3.05, 3.63) is 35.2 Å². The van der Waals surface area contributed by atoms with E-state index in [2.05, 4.69) is 12.1 Å². The monoisotopic (exact) mass is 359 g/mol. The maximum absolute atomic E-state index is 12.9. The second-order valence-corrected chi connectivity index (χ2v) is 8.36. The lowest BCUT2D eigenvalue weighted by Gasteiger charge is -2.48. The molecule has 1 spiro atoms. The highest BCUT2D eigenvalue weighted by molar-refractivity contribution is 7.20. The number of likely N-dealkylation sites (tertiary alicyclic amines) is 1. The van der Waals surface area contributed by atoms with E-state index in [0.717, 1.165) is 62.4 Å². The molecule has 0 radical (unpaired) electrons. The maximum Gasteiger partial charge on any atom is 0.263 e. The Labute approximate surface area is 152 Å². The van der Waals surface area contributed by atoms with E-state index >= 15 is 0 Å². The Hall–Kier alpha value is -1.43. The highest BCUT2D eigenvalue weighted by atomic mass is 32.1. The number of amides is 1. The van der Waals surface area contributed by atoms with Gasteiger partial charge in [0.15, 0.2) is 0 Å². The lowest BCUT2D eigenvalue weighted by molar-refractivity contribution is -0.0912. The van der Waals surface area contributed by atoms with Crippen molar-refractivity contribution < 1.29 is 14.3 Å². The number of carbonyl (C=O) groups excluding carboxylic acids is 1. The number of carbonyl (C=O) groups is 1. The fourth-order valence-electron chi connectivity index (χ4n) is 4.36. The van der Waals surface area contributed by atoms with Crippen molar-refractivity contribution >= 4 is 27.3 Å². The number of hydrogen-bond acceptors (Lipinski definition) is 4. The molecule has 0 aliphatic carbocycles. The molecule has 2 aliphatic rings. The molecule has 4 rings (SSSR count). The third kappa shape index (κ3) is 3.21. The molecule has 0 N–H and O–H groups in total. The first-order valence-corrected chi connectivity index (χ1v) is 9.88. The molecule has 0 bridgehead atoms. The van der Waals surface area contributed by atoms with E-state index in [1.165, 1.54) is 4.70 Å². The third-order valence-corrected chi connectivity index (χ3v) is 7.08. The molecule has 5 heteroatoms. The zero-order valence-corrected chi connectivity index (χ0v) is 15.5. The summed E-state index contributed by atoms with van der Waals surface area (Å²) in [5, 5.41) is 1.16. The number of piperidine rings is 1. The Balaban J connectivity index is 1.46. The topological polar surface area (TPSA) is 38.8 Å². The summed E-state index contributed by atoms with van der Waals surface area (Å²) >= 11 is 1.60. The van der Waals surface area contributed by atoms with E-state index in [-0.39, 0.29) is 11.3 Å². The molecule has 25 heavy (non-hydrogen) atoms. The van der Waals surface area contributed by atoms with Crippen LogP contribution in [0.4, 0.5) is 0 Å². The molecule has 1 atom stereocenters. The lowest BCUT2D eigenvalue weighted by atomic mass is 9.66. The van der Waals surface area contributed by atoms with Crippen LogP contribution in [0.3, 0.4) is 0 Å². The Morgan fingerprint density at radius 2 is 2.12 bits per heavy atom. The average Bonchev–Trinajstić information content (AvgIpc) is 3.08. The number of methoxy groups -OCH3 is 1.